The van der Waals surface area contributed by atoms with Crippen LogP contribution in [0, 0.1) is 0 Å². The van der Waals surface area contributed by atoms with E-state index in [1.54, 1.807) is 0 Å². The summed E-state index contributed by atoms with van der Waals surface area (Å²) in [5, 5.41) is 8.73. The normalized spacial score (nSPS) is 10.7. The molecule has 0 unspecified atom stereocenters. The summed E-state index contributed by atoms with van der Waals surface area (Å²) in [7, 11) is 0. The molecule has 1 rings (SSSR count). The van der Waals surface area contributed by atoms with Crippen molar-refractivity contribution >= 4 is 15.9 Å². The molecule has 0 atom stereocenters. The van der Waals surface area contributed by atoms with Gasteiger partial charge in [-0.1, -0.05) is 6.07 Å². The quantitative estimate of drug-likeness (QED) is 0.893. The van der Waals surface area contributed by atoms with Crippen molar-refractivity contribution in [3.63, 3.8) is 0 Å². The number of aliphatic hydroxyl groups excluding tert-OH is 1. The molecule has 0 aliphatic rings. The lowest BCUT2D eigenvalue weighted by Crippen LogP contribution is -2.06. The molecule has 1 N–H and O–H groups in total. The highest BCUT2D eigenvalue weighted by molar-refractivity contribution is 9.10. The van der Waals surface area contributed by atoms with Gasteiger partial charge >= 0.3 is 0 Å². The van der Waals surface area contributed by atoms with Crippen molar-refractivity contribution in [3.8, 4) is 5.75 Å². The number of aryl methyl sites for hydroxylation is 1. The van der Waals surface area contributed by atoms with Gasteiger partial charge in [-0.25, -0.2) is 0 Å². The molecule has 3 heteroatoms. The highest BCUT2D eigenvalue weighted by atomic mass is 79.9. The Bertz CT molecular complexity index is 310. The van der Waals surface area contributed by atoms with Crippen LogP contribution in [-0.4, -0.2) is 17.8 Å². The molecule has 0 heterocycles. The van der Waals surface area contributed by atoms with E-state index in [0.717, 1.165) is 23.1 Å². The minimum Gasteiger partial charge on any atom is -0.490 e. The molecular weight excluding hydrogens is 256 g/mol. The Morgan fingerprint density at radius 2 is 2.13 bits per heavy atom. The van der Waals surface area contributed by atoms with Gasteiger partial charge in [0.05, 0.1) is 10.6 Å². The molecular formula is C12H17BrO2. The number of aliphatic hydroxyl groups is 1. The zero-order valence-electron chi connectivity index (χ0n) is 9.16. The summed E-state index contributed by atoms with van der Waals surface area (Å²) >= 11 is 3.48. The maximum absolute atomic E-state index is 8.73. The smallest absolute Gasteiger partial charge is 0.133 e. The second-order valence-corrected chi connectivity index (χ2v) is 4.61. The third-order valence-corrected chi connectivity index (χ3v) is 2.60. The largest absolute Gasteiger partial charge is 0.490 e. The van der Waals surface area contributed by atoms with Crippen LogP contribution >= 0.6 is 15.9 Å². The number of ether oxygens (including phenoxy) is 1. The number of rotatable bonds is 5. The van der Waals surface area contributed by atoms with E-state index in [4.69, 9.17) is 9.84 Å². The standard InChI is InChI=1S/C12H17BrO2/c1-9(2)15-12-6-5-10(4-3-7-14)8-11(12)13/h5-6,8-9,14H,3-4,7H2,1-2H3. The van der Waals surface area contributed by atoms with Gasteiger partial charge in [-0.2, -0.15) is 0 Å². The molecule has 84 valence electrons. The summed E-state index contributed by atoms with van der Waals surface area (Å²) in [6.07, 6.45) is 1.89. The van der Waals surface area contributed by atoms with E-state index in [1.807, 2.05) is 32.0 Å². The minimum atomic E-state index is 0.185. The zero-order valence-corrected chi connectivity index (χ0v) is 10.8. The molecule has 0 amide bonds. The van der Waals surface area contributed by atoms with Crippen molar-refractivity contribution in [2.24, 2.45) is 0 Å². The Morgan fingerprint density at radius 3 is 2.67 bits per heavy atom. The summed E-state index contributed by atoms with van der Waals surface area (Å²) < 4.78 is 6.59. The second kappa shape index (κ2) is 6.13. The molecule has 0 saturated carbocycles. The van der Waals surface area contributed by atoms with Gasteiger partial charge in [0.2, 0.25) is 0 Å². The first-order valence-corrected chi connectivity index (χ1v) is 5.98. The van der Waals surface area contributed by atoms with Crippen molar-refractivity contribution < 1.29 is 9.84 Å². The SMILES string of the molecule is CC(C)Oc1ccc(CCCO)cc1Br. The maximum Gasteiger partial charge on any atom is 0.133 e. The van der Waals surface area contributed by atoms with E-state index >= 15 is 0 Å². The van der Waals surface area contributed by atoms with Crippen molar-refractivity contribution in [1.29, 1.82) is 0 Å². The molecule has 0 aliphatic heterocycles. The van der Waals surface area contributed by atoms with Gasteiger partial charge in [0.15, 0.2) is 0 Å². The van der Waals surface area contributed by atoms with Gasteiger partial charge in [-0.15, -0.1) is 0 Å². The van der Waals surface area contributed by atoms with Gasteiger partial charge in [-0.05, 0) is 60.3 Å². The van der Waals surface area contributed by atoms with Gasteiger partial charge in [-0.3, -0.25) is 0 Å². The fraction of sp³-hybridized carbons (Fsp3) is 0.500. The van der Waals surface area contributed by atoms with Crippen LogP contribution in [0.15, 0.2) is 22.7 Å². The summed E-state index contributed by atoms with van der Waals surface area (Å²) in [4.78, 5) is 0. The number of benzene rings is 1. The molecule has 15 heavy (non-hydrogen) atoms. The van der Waals surface area contributed by atoms with Crippen LogP contribution in [0.4, 0.5) is 0 Å². The average Bonchev–Trinajstić information content (AvgIpc) is 2.18. The highest BCUT2D eigenvalue weighted by Crippen LogP contribution is 2.27. The van der Waals surface area contributed by atoms with Crippen molar-refractivity contribution in [2.45, 2.75) is 32.8 Å². The molecule has 0 bridgehead atoms. The molecule has 0 radical (unpaired) electrons. The van der Waals surface area contributed by atoms with Gasteiger partial charge < -0.3 is 9.84 Å². The Morgan fingerprint density at radius 1 is 1.40 bits per heavy atom. The monoisotopic (exact) mass is 272 g/mol. The van der Waals surface area contributed by atoms with E-state index in [1.165, 1.54) is 5.56 Å². The Balaban J connectivity index is 2.70. The first-order chi connectivity index (χ1) is 7.13. The summed E-state index contributed by atoms with van der Waals surface area (Å²) in [6, 6.07) is 6.06. The molecule has 0 aliphatic carbocycles. The molecule has 0 aromatic heterocycles. The Kier molecular flexibility index (Phi) is 5.12. The van der Waals surface area contributed by atoms with Crippen LogP contribution in [0.3, 0.4) is 0 Å². The lowest BCUT2D eigenvalue weighted by Gasteiger charge is -2.12. The van der Waals surface area contributed by atoms with Crippen molar-refractivity contribution in [1.82, 2.24) is 0 Å². The predicted molar refractivity (Wildman–Crippen MR) is 65.3 cm³/mol. The maximum atomic E-state index is 8.73. The number of halogens is 1. The minimum absolute atomic E-state index is 0.185. The van der Waals surface area contributed by atoms with Crippen LogP contribution < -0.4 is 4.74 Å². The third-order valence-electron chi connectivity index (χ3n) is 1.98. The van der Waals surface area contributed by atoms with E-state index in [9.17, 15) is 0 Å². The lowest BCUT2D eigenvalue weighted by molar-refractivity contribution is 0.241. The topological polar surface area (TPSA) is 29.5 Å². The Labute approximate surface area is 99.4 Å². The van der Waals surface area contributed by atoms with Crippen LogP contribution in [-0.2, 0) is 6.42 Å². The van der Waals surface area contributed by atoms with Crippen LogP contribution in [0.1, 0.15) is 25.8 Å². The lowest BCUT2D eigenvalue weighted by atomic mass is 10.1. The van der Waals surface area contributed by atoms with Crippen LogP contribution in [0.5, 0.6) is 5.75 Å². The predicted octanol–water partition coefficient (Wildman–Crippen LogP) is 3.16. The van der Waals surface area contributed by atoms with E-state index in [2.05, 4.69) is 15.9 Å². The van der Waals surface area contributed by atoms with Gasteiger partial charge in [0, 0.05) is 6.61 Å². The van der Waals surface area contributed by atoms with E-state index in [-0.39, 0.29) is 12.7 Å². The fourth-order valence-electron chi connectivity index (χ4n) is 1.33. The molecule has 0 spiro atoms. The van der Waals surface area contributed by atoms with E-state index < -0.39 is 0 Å². The molecule has 1 aromatic carbocycles. The molecule has 0 saturated heterocycles. The fourth-order valence-corrected chi connectivity index (χ4v) is 1.85. The first kappa shape index (κ1) is 12.5. The number of hydrogen-bond donors (Lipinski definition) is 1. The zero-order chi connectivity index (χ0) is 11.3. The van der Waals surface area contributed by atoms with Gasteiger partial charge in [0.25, 0.3) is 0 Å². The van der Waals surface area contributed by atoms with Crippen LogP contribution in [0.25, 0.3) is 0 Å². The number of hydrogen-bond acceptors (Lipinski definition) is 2. The molecule has 0 fully saturated rings. The Hall–Kier alpha value is -0.540. The molecule has 1 aromatic rings. The van der Waals surface area contributed by atoms with E-state index in [0.29, 0.717) is 0 Å². The van der Waals surface area contributed by atoms with Gasteiger partial charge in [0.1, 0.15) is 5.75 Å². The second-order valence-electron chi connectivity index (χ2n) is 3.76. The van der Waals surface area contributed by atoms with Crippen molar-refractivity contribution in [2.75, 3.05) is 6.61 Å². The first-order valence-electron chi connectivity index (χ1n) is 5.19. The average molecular weight is 273 g/mol. The third kappa shape index (κ3) is 4.22. The van der Waals surface area contributed by atoms with Crippen LogP contribution in [0.2, 0.25) is 0 Å². The summed E-state index contributed by atoms with van der Waals surface area (Å²) in [5.41, 5.74) is 1.21. The summed E-state index contributed by atoms with van der Waals surface area (Å²) in [6.45, 7) is 4.25. The summed E-state index contributed by atoms with van der Waals surface area (Å²) in [5.74, 6) is 0.873. The molecule has 2 nitrogen and oxygen atoms in total. The highest BCUT2D eigenvalue weighted by Gasteiger charge is 2.04. The van der Waals surface area contributed by atoms with Crippen molar-refractivity contribution in [3.05, 3.63) is 28.2 Å².